The van der Waals surface area contributed by atoms with Crippen LogP contribution in [0.3, 0.4) is 0 Å². The smallest absolute Gasteiger partial charge is 0 e. The van der Waals surface area contributed by atoms with Gasteiger partial charge in [-0.05, 0) is 12.3 Å². The van der Waals surface area contributed by atoms with E-state index in [1.807, 2.05) is 0 Å². The predicted molar refractivity (Wildman–Crippen MR) is 35.2 cm³/mol. The van der Waals surface area contributed by atoms with Crippen molar-refractivity contribution in [3.05, 3.63) is 0 Å². The molecule has 0 bridgehead atoms. The van der Waals surface area contributed by atoms with Crippen LogP contribution < -0.4 is 0 Å². The van der Waals surface area contributed by atoms with E-state index < -0.39 is 0 Å². The summed E-state index contributed by atoms with van der Waals surface area (Å²) in [7, 11) is 1.20. The lowest BCUT2D eigenvalue weighted by Crippen LogP contribution is -1.59. The normalized spacial score (nSPS) is 7.00. The van der Waals surface area contributed by atoms with E-state index in [0.29, 0.717) is 0 Å². The van der Waals surface area contributed by atoms with Gasteiger partial charge < -0.3 is 0 Å². The van der Waals surface area contributed by atoms with E-state index in [4.69, 9.17) is 0 Å². The van der Waals surface area contributed by atoms with Crippen LogP contribution in [0.1, 0.15) is 13.8 Å². The Balaban J connectivity index is 0. The second-order valence-corrected chi connectivity index (χ2v) is 2.87. The van der Waals surface area contributed by atoms with Crippen LogP contribution in [0.25, 0.3) is 0 Å². The van der Waals surface area contributed by atoms with Gasteiger partial charge in [-0.15, -0.1) is 8.58 Å². The minimum absolute atomic E-state index is 0. The molecule has 0 aliphatic rings. The van der Waals surface area contributed by atoms with Crippen molar-refractivity contribution >= 4 is 25.9 Å². The van der Waals surface area contributed by atoms with Gasteiger partial charge in [-0.25, -0.2) is 0 Å². The SMILES string of the molecule is CCPCC.[Al]. The first kappa shape index (κ1) is 10.1. The number of rotatable bonds is 2. The maximum Gasteiger partial charge on any atom is 0 e. The summed E-state index contributed by atoms with van der Waals surface area (Å²) >= 11 is 0. The maximum absolute atomic E-state index is 2.22. The lowest BCUT2D eigenvalue weighted by Gasteiger charge is -1.80. The van der Waals surface area contributed by atoms with Crippen molar-refractivity contribution < 1.29 is 0 Å². The molecule has 3 radical (unpaired) electrons. The highest BCUT2D eigenvalue weighted by atomic mass is 31.1. The molecular weight excluding hydrogens is 106 g/mol. The Kier molecular flexibility index (Phi) is 15.7. The van der Waals surface area contributed by atoms with E-state index in [-0.39, 0.29) is 17.4 Å². The molecule has 0 atom stereocenters. The zero-order valence-electron chi connectivity index (χ0n) is 4.49. The van der Waals surface area contributed by atoms with Gasteiger partial charge >= 0.3 is 0 Å². The third-order valence-electron chi connectivity index (χ3n) is 0.500. The summed E-state index contributed by atoms with van der Waals surface area (Å²) in [5, 5.41) is 0. The van der Waals surface area contributed by atoms with E-state index in [0.717, 1.165) is 0 Å². The van der Waals surface area contributed by atoms with Crippen molar-refractivity contribution in [1.82, 2.24) is 0 Å². The van der Waals surface area contributed by atoms with Gasteiger partial charge in [0, 0.05) is 17.4 Å². The van der Waals surface area contributed by atoms with Crippen LogP contribution >= 0.6 is 8.58 Å². The molecule has 0 N–H and O–H groups in total. The molecule has 0 rings (SSSR count). The van der Waals surface area contributed by atoms with Crippen LogP contribution in [0.5, 0.6) is 0 Å². The van der Waals surface area contributed by atoms with Crippen LogP contribution in [-0.2, 0) is 0 Å². The van der Waals surface area contributed by atoms with Crippen LogP contribution in [0.15, 0.2) is 0 Å². The molecule has 0 spiro atoms. The van der Waals surface area contributed by atoms with Gasteiger partial charge in [0.05, 0.1) is 0 Å². The Labute approximate surface area is 52.6 Å². The summed E-state index contributed by atoms with van der Waals surface area (Å²) in [4.78, 5) is 0. The molecular formula is C4H11AlP. The van der Waals surface area contributed by atoms with Gasteiger partial charge in [0.25, 0.3) is 0 Å². The molecule has 0 saturated heterocycles. The Morgan fingerprint density at radius 3 is 1.50 bits per heavy atom. The number of hydrogen-bond donors (Lipinski definition) is 0. The molecule has 0 aliphatic carbocycles. The second-order valence-electron chi connectivity index (χ2n) is 0.957. The summed E-state index contributed by atoms with van der Waals surface area (Å²) in [6.45, 7) is 4.45. The molecule has 0 aliphatic heterocycles. The van der Waals surface area contributed by atoms with E-state index in [1.54, 1.807) is 0 Å². The highest BCUT2D eigenvalue weighted by Gasteiger charge is 1.66. The maximum atomic E-state index is 2.22. The topological polar surface area (TPSA) is 0 Å². The molecule has 0 fully saturated rings. The Morgan fingerprint density at radius 2 is 1.50 bits per heavy atom. The third-order valence-corrected chi connectivity index (χ3v) is 1.50. The molecule has 0 saturated carbocycles. The fourth-order valence-electron chi connectivity index (χ4n) is 0.250. The Morgan fingerprint density at radius 1 is 1.17 bits per heavy atom. The molecule has 0 heterocycles. The van der Waals surface area contributed by atoms with Gasteiger partial charge in [-0.3, -0.25) is 0 Å². The van der Waals surface area contributed by atoms with Gasteiger partial charge in [-0.2, -0.15) is 0 Å². The van der Waals surface area contributed by atoms with Gasteiger partial charge in [0.1, 0.15) is 0 Å². The lowest BCUT2D eigenvalue weighted by molar-refractivity contribution is 1.44. The molecule has 0 unspecified atom stereocenters. The molecule has 0 aromatic carbocycles. The molecule has 0 nitrogen and oxygen atoms in total. The van der Waals surface area contributed by atoms with Gasteiger partial charge in [-0.1, -0.05) is 13.8 Å². The van der Waals surface area contributed by atoms with Gasteiger partial charge in [0.15, 0.2) is 0 Å². The van der Waals surface area contributed by atoms with Crippen molar-refractivity contribution in [1.29, 1.82) is 0 Å². The summed E-state index contributed by atoms with van der Waals surface area (Å²) in [5.41, 5.74) is 0. The van der Waals surface area contributed by atoms with Crippen molar-refractivity contribution in [2.75, 3.05) is 12.3 Å². The molecule has 2 heteroatoms. The van der Waals surface area contributed by atoms with Crippen molar-refractivity contribution in [2.24, 2.45) is 0 Å². The summed E-state index contributed by atoms with van der Waals surface area (Å²) in [6.07, 6.45) is 2.74. The molecule has 0 aromatic heterocycles. The van der Waals surface area contributed by atoms with Crippen LogP contribution in [0, 0.1) is 0 Å². The highest BCUT2D eigenvalue weighted by molar-refractivity contribution is 7.37. The first-order valence-corrected chi connectivity index (χ1v) is 3.54. The highest BCUT2D eigenvalue weighted by Crippen LogP contribution is 2.03. The fourth-order valence-corrected chi connectivity index (χ4v) is 0.750. The monoisotopic (exact) mass is 117 g/mol. The summed E-state index contributed by atoms with van der Waals surface area (Å²) < 4.78 is 0. The lowest BCUT2D eigenvalue weighted by atomic mass is 11.0. The summed E-state index contributed by atoms with van der Waals surface area (Å²) in [6, 6.07) is 0. The zero-order valence-corrected chi connectivity index (χ0v) is 6.65. The van der Waals surface area contributed by atoms with Crippen LogP contribution in [0.2, 0.25) is 0 Å². The number of hydrogen-bond acceptors (Lipinski definition) is 0. The quantitative estimate of drug-likeness (QED) is 0.378. The van der Waals surface area contributed by atoms with Crippen molar-refractivity contribution in [2.45, 2.75) is 13.8 Å². The second kappa shape index (κ2) is 9.35. The average Bonchev–Trinajstić information content (AvgIpc) is 1.41. The Hall–Kier alpha value is 0.962. The molecule has 35 valence electrons. The largest absolute Gasteiger partial charge is 0.123 e. The predicted octanol–water partition coefficient (Wildman–Crippen LogP) is 1.32. The van der Waals surface area contributed by atoms with Crippen LogP contribution in [-0.4, -0.2) is 29.7 Å². The standard InChI is InChI=1S/C4H11P.Al/c1-3-5-4-2;/h5H,3-4H2,1-2H3;. The van der Waals surface area contributed by atoms with Crippen molar-refractivity contribution in [3.63, 3.8) is 0 Å². The zero-order chi connectivity index (χ0) is 4.12. The first-order chi connectivity index (χ1) is 2.41. The first-order valence-electron chi connectivity index (χ1n) is 2.12. The van der Waals surface area contributed by atoms with Crippen LogP contribution in [0.4, 0.5) is 0 Å². The van der Waals surface area contributed by atoms with E-state index in [1.165, 1.54) is 20.9 Å². The van der Waals surface area contributed by atoms with E-state index >= 15 is 0 Å². The summed E-state index contributed by atoms with van der Waals surface area (Å²) in [5.74, 6) is 0. The minimum Gasteiger partial charge on any atom is -0.123 e. The minimum atomic E-state index is 0. The molecule has 0 amide bonds. The van der Waals surface area contributed by atoms with Gasteiger partial charge in [0.2, 0.25) is 0 Å². The van der Waals surface area contributed by atoms with E-state index in [2.05, 4.69) is 13.8 Å². The molecule has 6 heavy (non-hydrogen) atoms. The average molecular weight is 117 g/mol. The van der Waals surface area contributed by atoms with Crippen molar-refractivity contribution in [3.8, 4) is 0 Å². The molecule has 0 aromatic rings. The fraction of sp³-hybridized carbons (Fsp3) is 1.00. The van der Waals surface area contributed by atoms with E-state index in [9.17, 15) is 0 Å². The third kappa shape index (κ3) is 8.88. The Bertz CT molecular complexity index is 15.0.